The summed E-state index contributed by atoms with van der Waals surface area (Å²) in [6, 6.07) is 3.56. The zero-order chi connectivity index (χ0) is 20.0. The van der Waals surface area contributed by atoms with Gasteiger partial charge in [0.25, 0.3) is 0 Å². The molecular weight excluding hydrogens is 352 g/mol. The smallest absolute Gasteiger partial charge is 0.245 e. The van der Waals surface area contributed by atoms with Gasteiger partial charge in [-0.2, -0.15) is 0 Å². The molecule has 2 aromatic rings. The van der Waals surface area contributed by atoms with Crippen LogP contribution in [0.25, 0.3) is 17.1 Å². The van der Waals surface area contributed by atoms with Crippen LogP contribution in [0.4, 0.5) is 14.5 Å². The number of nitrogens with zero attached hydrogens (tertiary/aromatic N) is 2. The van der Waals surface area contributed by atoms with Crippen LogP contribution in [0.3, 0.4) is 0 Å². The number of nitrogen functional groups attached to an aromatic ring is 1. The third kappa shape index (κ3) is 4.87. The second-order valence-electron chi connectivity index (χ2n) is 5.44. The number of hydrogen-bond donors (Lipinski definition) is 3. The van der Waals surface area contributed by atoms with Crippen LogP contribution in [0, 0.1) is 11.6 Å². The highest BCUT2D eigenvalue weighted by molar-refractivity contribution is 5.89. The van der Waals surface area contributed by atoms with Crippen molar-refractivity contribution >= 4 is 17.3 Å². The van der Waals surface area contributed by atoms with Crippen molar-refractivity contribution in [2.45, 2.75) is 20.3 Å². The molecule has 0 saturated heterocycles. The highest BCUT2D eigenvalue weighted by atomic mass is 19.1. The minimum atomic E-state index is -0.847. The van der Waals surface area contributed by atoms with Crippen LogP contribution in [0.2, 0.25) is 0 Å². The van der Waals surface area contributed by atoms with Gasteiger partial charge in [-0.15, -0.1) is 0 Å². The molecule has 1 aliphatic heterocycles. The first kappa shape index (κ1) is 20.0. The van der Waals surface area contributed by atoms with Crippen molar-refractivity contribution in [1.82, 2.24) is 20.6 Å². The number of benzene rings is 1. The molecule has 0 fully saturated rings. The lowest BCUT2D eigenvalue weighted by Crippen LogP contribution is -2.30. The number of anilines is 1. The van der Waals surface area contributed by atoms with Crippen LogP contribution in [0.15, 0.2) is 42.7 Å². The Bertz CT molecular complexity index is 872. The van der Waals surface area contributed by atoms with Crippen molar-refractivity contribution in [3.63, 3.8) is 0 Å². The summed E-state index contributed by atoms with van der Waals surface area (Å²) in [5.74, 6) is -2.01. The van der Waals surface area contributed by atoms with Crippen LogP contribution in [0.5, 0.6) is 0 Å². The normalized spacial score (nSPS) is 13.0. The highest BCUT2D eigenvalue weighted by Crippen LogP contribution is 2.26. The van der Waals surface area contributed by atoms with Gasteiger partial charge in [-0.1, -0.05) is 20.4 Å². The monoisotopic (exact) mass is 373 g/mol. The summed E-state index contributed by atoms with van der Waals surface area (Å²) in [5.41, 5.74) is 6.45. The molecule has 3 rings (SSSR count). The topological polar surface area (TPSA) is 92.9 Å². The summed E-state index contributed by atoms with van der Waals surface area (Å²) in [4.78, 5) is 19.4. The molecular formula is C19H21F2N5O. The van der Waals surface area contributed by atoms with Crippen LogP contribution in [-0.2, 0) is 4.79 Å². The number of carbonyl (C=O) groups excluding carboxylic acids is 1. The van der Waals surface area contributed by atoms with E-state index in [1.54, 1.807) is 6.07 Å². The van der Waals surface area contributed by atoms with E-state index < -0.39 is 11.6 Å². The summed E-state index contributed by atoms with van der Waals surface area (Å²) in [7, 11) is 0. The van der Waals surface area contributed by atoms with Crippen molar-refractivity contribution < 1.29 is 13.6 Å². The Morgan fingerprint density at radius 3 is 2.59 bits per heavy atom. The lowest BCUT2D eigenvalue weighted by Gasteiger charge is -2.17. The molecule has 1 aliphatic rings. The van der Waals surface area contributed by atoms with Crippen molar-refractivity contribution in [3.8, 4) is 11.4 Å². The van der Waals surface area contributed by atoms with Gasteiger partial charge < -0.3 is 16.4 Å². The maximum Gasteiger partial charge on any atom is 0.245 e. The number of aromatic nitrogens is 2. The Balaban J connectivity index is 0.00000126. The second kappa shape index (κ2) is 8.88. The zero-order valence-electron chi connectivity index (χ0n) is 15.1. The van der Waals surface area contributed by atoms with Gasteiger partial charge in [-0.05, 0) is 18.2 Å². The van der Waals surface area contributed by atoms with Gasteiger partial charge in [-0.25, -0.2) is 18.7 Å². The van der Waals surface area contributed by atoms with Gasteiger partial charge in [-0.3, -0.25) is 4.79 Å². The number of nitrogens with two attached hydrogens (primary N) is 1. The van der Waals surface area contributed by atoms with Gasteiger partial charge in [0.1, 0.15) is 11.6 Å². The van der Waals surface area contributed by atoms with Crippen LogP contribution >= 0.6 is 0 Å². The van der Waals surface area contributed by atoms with E-state index in [1.165, 1.54) is 12.3 Å². The molecule has 142 valence electrons. The summed E-state index contributed by atoms with van der Waals surface area (Å²) >= 11 is 0. The number of nitrogens with one attached hydrogen (secondary N) is 2. The quantitative estimate of drug-likeness (QED) is 0.717. The average Bonchev–Trinajstić information content (AvgIpc) is 2.63. The molecule has 27 heavy (non-hydrogen) atoms. The minimum Gasteiger partial charge on any atom is -0.399 e. The first-order chi connectivity index (χ1) is 12.9. The molecule has 1 aromatic heterocycles. The number of hydrogen-bond acceptors (Lipinski definition) is 5. The number of halogens is 2. The Hall–Kier alpha value is -3.29. The molecule has 0 saturated carbocycles. The first-order valence-electron chi connectivity index (χ1n) is 8.46. The Morgan fingerprint density at radius 2 is 1.96 bits per heavy atom. The molecule has 0 spiro atoms. The molecule has 8 heteroatoms. The summed E-state index contributed by atoms with van der Waals surface area (Å²) in [5, 5.41) is 5.66. The molecule has 2 heterocycles. The predicted molar refractivity (Wildman–Crippen MR) is 101 cm³/mol. The van der Waals surface area contributed by atoms with Crippen molar-refractivity contribution in [2.24, 2.45) is 0 Å². The Morgan fingerprint density at radius 1 is 1.30 bits per heavy atom. The van der Waals surface area contributed by atoms with Gasteiger partial charge in [0.15, 0.2) is 5.82 Å². The molecule has 0 bridgehead atoms. The Kier molecular flexibility index (Phi) is 6.59. The summed E-state index contributed by atoms with van der Waals surface area (Å²) in [6.45, 7) is 8.37. The fourth-order valence-electron chi connectivity index (χ4n) is 2.41. The molecule has 4 N–H and O–H groups in total. The van der Waals surface area contributed by atoms with E-state index in [4.69, 9.17) is 5.73 Å². The van der Waals surface area contributed by atoms with E-state index in [0.717, 1.165) is 12.1 Å². The van der Waals surface area contributed by atoms with E-state index in [9.17, 15) is 13.6 Å². The maximum absolute atomic E-state index is 14.1. The van der Waals surface area contributed by atoms with Gasteiger partial charge in [0.05, 0.1) is 17.0 Å². The van der Waals surface area contributed by atoms with Gasteiger partial charge in [0, 0.05) is 36.6 Å². The zero-order valence-corrected chi connectivity index (χ0v) is 15.1. The molecule has 0 unspecified atom stereocenters. The summed E-state index contributed by atoms with van der Waals surface area (Å²) in [6.07, 6.45) is 3.42. The van der Waals surface area contributed by atoms with Crippen molar-refractivity contribution in [3.05, 3.63) is 60.1 Å². The molecule has 1 aromatic carbocycles. The van der Waals surface area contributed by atoms with Crippen molar-refractivity contribution in [2.75, 3.05) is 12.3 Å². The first-order valence-corrected chi connectivity index (χ1v) is 8.46. The van der Waals surface area contributed by atoms with E-state index in [0.29, 0.717) is 30.1 Å². The SMILES string of the molecule is C=C(NC1=CC(=O)NCC1)c1ccnc(-c2c(F)cc(N)cc2F)n1.CC. The summed E-state index contributed by atoms with van der Waals surface area (Å²) < 4.78 is 28.1. The average molecular weight is 373 g/mol. The predicted octanol–water partition coefficient (Wildman–Crippen LogP) is 2.99. The lowest BCUT2D eigenvalue weighted by molar-refractivity contribution is -0.116. The van der Waals surface area contributed by atoms with Crippen molar-refractivity contribution in [1.29, 1.82) is 0 Å². The van der Waals surface area contributed by atoms with E-state index >= 15 is 0 Å². The third-order valence-corrected chi connectivity index (χ3v) is 3.56. The largest absolute Gasteiger partial charge is 0.399 e. The van der Waals surface area contributed by atoms with Crippen LogP contribution in [0.1, 0.15) is 26.0 Å². The Labute approximate surface area is 156 Å². The highest BCUT2D eigenvalue weighted by Gasteiger charge is 2.17. The molecule has 0 atom stereocenters. The van der Waals surface area contributed by atoms with Crippen LogP contribution < -0.4 is 16.4 Å². The standard InChI is InChI=1S/C17H15F2N5O.C2H6/c1-9(23-11-2-4-21-15(25)8-11)14-3-5-22-17(24-14)16-12(18)6-10(20)7-13(16)19;1-2/h3,5-8,23H,1-2,4,20H2,(H,21,25);1-2H3. The lowest BCUT2D eigenvalue weighted by atomic mass is 10.1. The van der Waals surface area contributed by atoms with E-state index in [-0.39, 0.29) is 23.0 Å². The molecule has 1 amide bonds. The number of carbonyl (C=O) groups is 1. The fourth-order valence-corrected chi connectivity index (χ4v) is 2.41. The number of rotatable bonds is 4. The second-order valence-corrected chi connectivity index (χ2v) is 5.44. The van der Waals surface area contributed by atoms with Gasteiger partial charge in [0.2, 0.25) is 5.91 Å². The molecule has 6 nitrogen and oxygen atoms in total. The van der Waals surface area contributed by atoms with Crippen LogP contribution in [-0.4, -0.2) is 22.4 Å². The fraction of sp³-hybridized carbons (Fsp3) is 0.211. The third-order valence-electron chi connectivity index (χ3n) is 3.56. The van der Waals surface area contributed by atoms with Gasteiger partial charge >= 0.3 is 0 Å². The number of amides is 1. The minimum absolute atomic E-state index is 0.0245. The molecule has 0 aliphatic carbocycles. The van der Waals surface area contributed by atoms with E-state index in [1.807, 2.05) is 13.8 Å². The maximum atomic E-state index is 14.1. The molecule has 0 radical (unpaired) electrons. The van der Waals surface area contributed by atoms with E-state index in [2.05, 4.69) is 27.2 Å².